The fourth-order valence-corrected chi connectivity index (χ4v) is 1.78. The van der Waals surface area contributed by atoms with Crippen LogP contribution in [0.5, 0.6) is 0 Å². The molecule has 0 bridgehead atoms. The minimum Gasteiger partial charge on any atom is -0.352 e. The van der Waals surface area contributed by atoms with Gasteiger partial charge in [-0.1, -0.05) is 0 Å². The minimum absolute atomic E-state index is 0. The quantitative estimate of drug-likeness (QED) is 0.487. The summed E-state index contributed by atoms with van der Waals surface area (Å²) in [5, 5.41) is 10.8. The van der Waals surface area contributed by atoms with Crippen molar-refractivity contribution in [3.05, 3.63) is 22.4 Å². The van der Waals surface area contributed by atoms with Gasteiger partial charge in [-0.05, 0) is 43.2 Å². The molecule has 0 saturated carbocycles. The lowest BCUT2D eigenvalue weighted by atomic mass is 10.1. The van der Waals surface area contributed by atoms with Crippen LogP contribution in [0.25, 0.3) is 0 Å². The van der Waals surface area contributed by atoms with Crippen LogP contribution in [0.2, 0.25) is 0 Å². The molecule has 16 heavy (non-hydrogen) atoms. The SMILES string of the molecule is CN=C(NCc1ccsc1)NC(C)(C)C.I. The summed E-state index contributed by atoms with van der Waals surface area (Å²) in [7, 11) is 1.79. The lowest BCUT2D eigenvalue weighted by Crippen LogP contribution is -2.47. The van der Waals surface area contributed by atoms with Crippen LogP contribution in [0.15, 0.2) is 21.8 Å². The molecular weight excluding hydrogens is 333 g/mol. The van der Waals surface area contributed by atoms with Gasteiger partial charge in [-0.15, -0.1) is 24.0 Å². The second-order valence-electron chi connectivity index (χ2n) is 4.43. The van der Waals surface area contributed by atoms with Crippen molar-refractivity contribution in [2.75, 3.05) is 7.05 Å². The maximum Gasteiger partial charge on any atom is 0.191 e. The highest BCUT2D eigenvalue weighted by Gasteiger charge is 2.11. The molecule has 0 fully saturated rings. The lowest BCUT2D eigenvalue weighted by molar-refractivity contribution is 0.501. The zero-order valence-corrected chi connectivity index (χ0v) is 13.3. The third kappa shape index (κ3) is 6.32. The Bertz CT molecular complexity index is 314. The molecular formula is C11H20IN3S. The molecule has 1 aromatic rings. The lowest BCUT2D eigenvalue weighted by Gasteiger charge is -2.23. The van der Waals surface area contributed by atoms with E-state index in [-0.39, 0.29) is 29.5 Å². The van der Waals surface area contributed by atoms with Crippen LogP contribution in [-0.2, 0) is 6.54 Å². The summed E-state index contributed by atoms with van der Waals surface area (Å²) < 4.78 is 0. The van der Waals surface area contributed by atoms with Gasteiger partial charge in [0.1, 0.15) is 0 Å². The average molecular weight is 353 g/mol. The highest BCUT2D eigenvalue weighted by Crippen LogP contribution is 2.05. The number of halogens is 1. The maximum atomic E-state index is 4.17. The predicted octanol–water partition coefficient (Wildman–Crippen LogP) is 2.83. The van der Waals surface area contributed by atoms with Crippen molar-refractivity contribution in [2.45, 2.75) is 32.9 Å². The molecule has 0 aliphatic heterocycles. The number of nitrogens with zero attached hydrogens (tertiary/aromatic N) is 1. The van der Waals surface area contributed by atoms with Crippen LogP contribution in [-0.4, -0.2) is 18.5 Å². The second kappa shape index (κ2) is 7.11. The van der Waals surface area contributed by atoms with Gasteiger partial charge >= 0.3 is 0 Å². The number of hydrogen-bond acceptors (Lipinski definition) is 2. The summed E-state index contributed by atoms with van der Waals surface area (Å²) in [6.07, 6.45) is 0. The predicted molar refractivity (Wildman–Crippen MR) is 82.8 cm³/mol. The molecule has 0 aromatic carbocycles. The first-order chi connectivity index (χ1) is 7.01. The number of guanidine groups is 1. The third-order valence-corrected chi connectivity index (χ3v) is 2.49. The zero-order chi connectivity index (χ0) is 11.3. The first-order valence-corrected chi connectivity index (χ1v) is 5.95. The summed E-state index contributed by atoms with van der Waals surface area (Å²) in [6.45, 7) is 7.17. The molecule has 0 radical (unpaired) electrons. The largest absolute Gasteiger partial charge is 0.352 e. The van der Waals surface area contributed by atoms with E-state index >= 15 is 0 Å². The molecule has 0 aliphatic rings. The van der Waals surface area contributed by atoms with Crippen LogP contribution in [0.1, 0.15) is 26.3 Å². The van der Waals surface area contributed by atoms with Crippen molar-refractivity contribution >= 4 is 41.3 Å². The van der Waals surface area contributed by atoms with Crippen molar-refractivity contribution in [1.29, 1.82) is 0 Å². The van der Waals surface area contributed by atoms with Gasteiger partial charge in [0.15, 0.2) is 5.96 Å². The van der Waals surface area contributed by atoms with Crippen molar-refractivity contribution in [3.8, 4) is 0 Å². The van der Waals surface area contributed by atoms with E-state index in [0.29, 0.717) is 0 Å². The number of aliphatic imine (C=N–C) groups is 1. The van der Waals surface area contributed by atoms with Crippen molar-refractivity contribution in [1.82, 2.24) is 10.6 Å². The number of rotatable bonds is 2. The Hall–Kier alpha value is -0.300. The maximum absolute atomic E-state index is 4.17. The molecule has 1 heterocycles. The van der Waals surface area contributed by atoms with Gasteiger partial charge in [-0.2, -0.15) is 11.3 Å². The fourth-order valence-electron chi connectivity index (χ4n) is 1.11. The molecule has 0 saturated heterocycles. The Morgan fingerprint density at radius 1 is 1.44 bits per heavy atom. The molecule has 0 spiro atoms. The molecule has 1 aromatic heterocycles. The molecule has 0 aliphatic carbocycles. The molecule has 5 heteroatoms. The number of nitrogens with one attached hydrogen (secondary N) is 2. The van der Waals surface area contributed by atoms with Crippen LogP contribution >= 0.6 is 35.3 Å². The number of thiophene rings is 1. The van der Waals surface area contributed by atoms with Crippen molar-refractivity contribution < 1.29 is 0 Å². The van der Waals surface area contributed by atoms with E-state index in [9.17, 15) is 0 Å². The highest BCUT2D eigenvalue weighted by molar-refractivity contribution is 14.0. The van der Waals surface area contributed by atoms with Gasteiger partial charge in [0, 0.05) is 19.1 Å². The van der Waals surface area contributed by atoms with Crippen LogP contribution < -0.4 is 10.6 Å². The van der Waals surface area contributed by atoms with Gasteiger partial charge in [-0.25, -0.2) is 0 Å². The molecule has 1 rings (SSSR count). The van der Waals surface area contributed by atoms with Crippen molar-refractivity contribution in [3.63, 3.8) is 0 Å². The second-order valence-corrected chi connectivity index (χ2v) is 5.21. The molecule has 0 atom stereocenters. The summed E-state index contributed by atoms with van der Waals surface area (Å²) in [5.41, 5.74) is 1.33. The van der Waals surface area contributed by atoms with Gasteiger partial charge in [0.05, 0.1) is 0 Å². The topological polar surface area (TPSA) is 36.4 Å². The summed E-state index contributed by atoms with van der Waals surface area (Å²) >= 11 is 1.71. The molecule has 3 nitrogen and oxygen atoms in total. The van der Waals surface area contributed by atoms with E-state index in [0.717, 1.165) is 12.5 Å². The highest BCUT2D eigenvalue weighted by atomic mass is 127. The van der Waals surface area contributed by atoms with Gasteiger partial charge in [0.25, 0.3) is 0 Å². The van der Waals surface area contributed by atoms with Crippen molar-refractivity contribution in [2.24, 2.45) is 4.99 Å². The monoisotopic (exact) mass is 353 g/mol. The fraction of sp³-hybridized carbons (Fsp3) is 0.545. The Labute approximate surface area is 119 Å². The van der Waals surface area contributed by atoms with E-state index in [1.807, 2.05) is 0 Å². The minimum atomic E-state index is 0. The first kappa shape index (κ1) is 15.7. The summed E-state index contributed by atoms with van der Waals surface area (Å²) in [4.78, 5) is 4.17. The smallest absolute Gasteiger partial charge is 0.191 e. The molecule has 0 amide bonds. The summed E-state index contributed by atoms with van der Waals surface area (Å²) in [6, 6.07) is 2.11. The van der Waals surface area contributed by atoms with E-state index in [2.05, 4.69) is 53.2 Å². The zero-order valence-electron chi connectivity index (χ0n) is 10.2. The van der Waals surface area contributed by atoms with Crippen LogP contribution in [0.4, 0.5) is 0 Å². The van der Waals surface area contributed by atoms with E-state index < -0.39 is 0 Å². The normalized spacial score (nSPS) is 11.9. The van der Waals surface area contributed by atoms with Gasteiger partial charge in [-0.3, -0.25) is 4.99 Å². The molecule has 2 N–H and O–H groups in total. The van der Waals surface area contributed by atoms with E-state index in [1.165, 1.54) is 5.56 Å². The van der Waals surface area contributed by atoms with E-state index in [1.54, 1.807) is 18.4 Å². The Morgan fingerprint density at radius 2 is 2.12 bits per heavy atom. The Balaban J connectivity index is 0.00000225. The van der Waals surface area contributed by atoms with Gasteiger partial charge < -0.3 is 10.6 Å². The van der Waals surface area contributed by atoms with Crippen LogP contribution in [0, 0.1) is 0 Å². The molecule has 0 unspecified atom stereocenters. The van der Waals surface area contributed by atoms with E-state index in [4.69, 9.17) is 0 Å². The van der Waals surface area contributed by atoms with Gasteiger partial charge in [0.2, 0.25) is 0 Å². The summed E-state index contributed by atoms with van der Waals surface area (Å²) in [5.74, 6) is 0.841. The standard InChI is InChI=1S/C11H19N3S.HI/c1-11(2,3)14-10(12-4)13-7-9-5-6-15-8-9;/h5-6,8H,7H2,1-4H3,(H2,12,13,14);1H. The Morgan fingerprint density at radius 3 is 2.56 bits per heavy atom. The number of hydrogen-bond donors (Lipinski definition) is 2. The Kier molecular flexibility index (Phi) is 6.98. The molecule has 92 valence electrons. The average Bonchev–Trinajstić information content (AvgIpc) is 2.62. The first-order valence-electron chi connectivity index (χ1n) is 5.01. The third-order valence-electron chi connectivity index (χ3n) is 1.76. The van der Waals surface area contributed by atoms with Crippen LogP contribution in [0.3, 0.4) is 0 Å².